The van der Waals surface area contributed by atoms with Crippen LogP contribution in [0.4, 0.5) is 14.5 Å². The van der Waals surface area contributed by atoms with Crippen LogP contribution in [0.2, 0.25) is 15.1 Å². The quantitative estimate of drug-likeness (QED) is 0.273. The molecule has 1 aliphatic carbocycles. The van der Waals surface area contributed by atoms with E-state index in [2.05, 4.69) is 36.2 Å². The first kappa shape index (κ1) is 27.9. The fourth-order valence-corrected chi connectivity index (χ4v) is 4.80. The van der Waals surface area contributed by atoms with E-state index >= 15 is 0 Å². The average molecular weight is 611 g/mol. The van der Waals surface area contributed by atoms with Gasteiger partial charge in [-0.25, -0.2) is 23.1 Å². The number of amides is 2. The Bertz CT molecular complexity index is 1590. The van der Waals surface area contributed by atoms with Crippen LogP contribution >= 0.6 is 34.8 Å². The molecule has 11 nitrogen and oxygen atoms in total. The Labute approximate surface area is 240 Å². The van der Waals surface area contributed by atoms with Crippen molar-refractivity contribution >= 4 is 52.3 Å². The molecule has 0 saturated heterocycles. The molecule has 0 aliphatic heterocycles. The molecule has 5 rings (SSSR count). The molecule has 1 aromatic carbocycles. The number of hydrogen-bond acceptors (Lipinski definition) is 7. The maximum Gasteiger partial charge on any atom is 0.298 e. The van der Waals surface area contributed by atoms with Crippen LogP contribution in [0.1, 0.15) is 58.6 Å². The van der Waals surface area contributed by atoms with E-state index in [1.54, 1.807) is 12.1 Å². The lowest BCUT2D eigenvalue weighted by Gasteiger charge is -2.17. The van der Waals surface area contributed by atoms with Gasteiger partial charge in [0.2, 0.25) is 5.82 Å². The van der Waals surface area contributed by atoms with Crippen LogP contribution in [0.5, 0.6) is 0 Å². The molecule has 0 bridgehead atoms. The molecule has 2 amide bonds. The van der Waals surface area contributed by atoms with Gasteiger partial charge in [0.25, 0.3) is 18.2 Å². The summed E-state index contributed by atoms with van der Waals surface area (Å²) in [6.45, 7) is 1.62. The fourth-order valence-electron chi connectivity index (χ4n) is 4.05. The molecule has 1 unspecified atom stereocenters. The summed E-state index contributed by atoms with van der Waals surface area (Å²) in [6.07, 6.45) is 0.560. The number of tetrazole rings is 1. The normalized spacial score (nSPS) is 13.9. The summed E-state index contributed by atoms with van der Waals surface area (Å²) >= 11 is 18.9. The number of nitrogens with zero attached hydrogens (tertiary/aromatic N) is 7. The molecule has 1 atom stereocenters. The van der Waals surface area contributed by atoms with Gasteiger partial charge >= 0.3 is 0 Å². The Morgan fingerprint density at radius 2 is 1.90 bits per heavy atom. The highest BCUT2D eigenvalue weighted by Crippen LogP contribution is 2.34. The number of carbonyl (C=O) groups excluding carboxylic acids is 2. The molecule has 1 saturated carbocycles. The van der Waals surface area contributed by atoms with E-state index in [-0.39, 0.29) is 56.1 Å². The zero-order valence-electron chi connectivity index (χ0n) is 20.7. The van der Waals surface area contributed by atoms with Gasteiger partial charge in [-0.2, -0.15) is 5.10 Å². The van der Waals surface area contributed by atoms with E-state index in [1.807, 2.05) is 6.92 Å². The Hall–Kier alpha value is -3.68. The molecule has 1 fully saturated rings. The fraction of sp³-hybridized carbons (Fsp3) is 0.292. The molecular formula is C24H20Cl3F2N9O2. The number of benzene rings is 1. The Kier molecular flexibility index (Phi) is 7.97. The van der Waals surface area contributed by atoms with Gasteiger partial charge in [0.1, 0.15) is 5.69 Å². The van der Waals surface area contributed by atoms with Crippen LogP contribution in [0.15, 0.2) is 36.5 Å². The smallest absolute Gasteiger partial charge is 0.298 e. The summed E-state index contributed by atoms with van der Waals surface area (Å²) in [4.78, 5) is 31.0. The summed E-state index contributed by atoms with van der Waals surface area (Å²) in [5.74, 6) is -1.37. The molecule has 3 heterocycles. The number of alkyl halides is 2. The van der Waals surface area contributed by atoms with Gasteiger partial charge < -0.3 is 10.6 Å². The lowest BCUT2D eigenvalue weighted by molar-refractivity contribution is 0.0936. The highest BCUT2D eigenvalue weighted by atomic mass is 35.5. The van der Waals surface area contributed by atoms with Crippen molar-refractivity contribution in [1.29, 1.82) is 0 Å². The van der Waals surface area contributed by atoms with Crippen molar-refractivity contribution in [2.75, 3.05) is 5.32 Å². The van der Waals surface area contributed by atoms with Gasteiger partial charge in [-0.1, -0.05) is 34.8 Å². The number of hydrogen-bond donors (Lipinski definition) is 2. The second-order valence-electron chi connectivity index (χ2n) is 9.10. The second kappa shape index (κ2) is 11.4. The summed E-state index contributed by atoms with van der Waals surface area (Å²) in [5.41, 5.74) is 0.166. The van der Waals surface area contributed by atoms with Crippen LogP contribution < -0.4 is 10.6 Å². The van der Waals surface area contributed by atoms with E-state index in [1.165, 1.54) is 24.4 Å². The first-order valence-corrected chi connectivity index (χ1v) is 13.1. The molecule has 0 spiro atoms. The minimum Gasteiger partial charge on any atom is -0.349 e. The van der Waals surface area contributed by atoms with Crippen LogP contribution in [0.25, 0.3) is 5.82 Å². The minimum atomic E-state index is -2.93. The SMILES string of the molecule is CC(NC(=O)c1cc(Cl)cc(Cl)c1NC(=O)c1cc(Cn2nnnc2C(F)F)nn1-c1ncccc1Cl)C1CC1. The van der Waals surface area contributed by atoms with Gasteiger partial charge in [-0.15, -0.1) is 5.10 Å². The Balaban J connectivity index is 1.51. The van der Waals surface area contributed by atoms with Crippen LogP contribution in [0, 0.1) is 5.92 Å². The zero-order chi connectivity index (χ0) is 28.6. The van der Waals surface area contributed by atoms with Crippen LogP contribution in [0.3, 0.4) is 0 Å². The number of rotatable bonds is 9. The minimum absolute atomic E-state index is 0.0263. The van der Waals surface area contributed by atoms with E-state index in [0.29, 0.717) is 5.92 Å². The molecule has 16 heteroatoms. The average Bonchev–Trinajstić information content (AvgIpc) is 3.52. The lowest BCUT2D eigenvalue weighted by Crippen LogP contribution is -2.34. The number of nitrogens with one attached hydrogen (secondary N) is 2. The van der Waals surface area contributed by atoms with Crippen LogP contribution in [-0.2, 0) is 6.54 Å². The summed E-state index contributed by atoms with van der Waals surface area (Å²) in [6, 6.07) is 7.20. The first-order valence-electron chi connectivity index (χ1n) is 12.0. The van der Waals surface area contributed by atoms with E-state index < -0.39 is 24.1 Å². The largest absolute Gasteiger partial charge is 0.349 e. The zero-order valence-corrected chi connectivity index (χ0v) is 22.9. The number of halogens is 5. The summed E-state index contributed by atoms with van der Waals surface area (Å²) in [7, 11) is 0. The standard InChI is InChI=1S/C24H20Cl3F2N9O2/c1-11(12-4-5-12)31-23(39)15-7-13(25)8-17(27)19(15)32-24(40)18-9-14(10-37-22(20(28)29)33-35-36-37)34-38(18)21-16(26)3-2-6-30-21/h2-3,6-9,11-12,20H,4-5,10H2,1H3,(H,31,39)(H,32,40). The van der Waals surface area contributed by atoms with Crippen molar-refractivity contribution in [2.24, 2.45) is 5.92 Å². The predicted molar refractivity (Wildman–Crippen MR) is 142 cm³/mol. The van der Waals surface area contributed by atoms with Crippen LogP contribution in [-0.4, -0.2) is 52.8 Å². The number of aromatic nitrogens is 7. The maximum absolute atomic E-state index is 13.6. The molecule has 208 valence electrons. The third-order valence-electron chi connectivity index (χ3n) is 6.22. The third kappa shape index (κ3) is 5.91. The predicted octanol–water partition coefficient (Wildman–Crippen LogP) is 4.98. The molecule has 40 heavy (non-hydrogen) atoms. The van der Waals surface area contributed by atoms with Gasteiger partial charge in [-0.05, 0) is 66.4 Å². The maximum atomic E-state index is 13.6. The van der Waals surface area contributed by atoms with E-state index in [0.717, 1.165) is 22.2 Å². The topological polar surface area (TPSA) is 133 Å². The summed E-state index contributed by atoms with van der Waals surface area (Å²) in [5, 5.41) is 20.5. The second-order valence-corrected chi connectivity index (χ2v) is 10.4. The lowest BCUT2D eigenvalue weighted by atomic mass is 10.1. The summed E-state index contributed by atoms with van der Waals surface area (Å²) < 4.78 is 28.6. The third-order valence-corrected chi connectivity index (χ3v) is 7.04. The van der Waals surface area contributed by atoms with Crippen molar-refractivity contribution in [1.82, 2.24) is 40.3 Å². The number of anilines is 1. The van der Waals surface area contributed by atoms with Gasteiger partial charge in [0.15, 0.2) is 5.82 Å². The van der Waals surface area contributed by atoms with E-state index in [9.17, 15) is 18.4 Å². The molecule has 1 aliphatic rings. The van der Waals surface area contributed by atoms with Crippen molar-refractivity contribution in [3.05, 3.63) is 74.4 Å². The van der Waals surface area contributed by atoms with E-state index in [4.69, 9.17) is 34.8 Å². The monoisotopic (exact) mass is 609 g/mol. The Morgan fingerprint density at radius 3 is 2.60 bits per heavy atom. The van der Waals surface area contributed by atoms with Crippen molar-refractivity contribution in [3.63, 3.8) is 0 Å². The molecule has 4 aromatic rings. The molecular weight excluding hydrogens is 591 g/mol. The van der Waals surface area contributed by atoms with Crippen molar-refractivity contribution in [2.45, 2.75) is 38.8 Å². The number of pyridine rings is 1. The van der Waals surface area contributed by atoms with Crippen molar-refractivity contribution in [3.8, 4) is 5.82 Å². The highest BCUT2D eigenvalue weighted by molar-refractivity contribution is 6.38. The Morgan fingerprint density at radius 1 is 1.12 bits per heavy atom. The number of carbonyl (C=O) groups is 2. The highest BCUT2D eigenvalue weighted by Gasteiger charge is 2.30. The van der Waals surface area contributed by atoms with Gasteiger partial charge in [-0.3, -0.25) is 9.59 Å². The molecule has 2 N–H and O–H groups in total. The molecule has 3 aromatic heterocycles. The van der Waals surface area contributed by atoms with Crippen molar-refractivity contribution < 1.29 is 18.4 Å². The first-order chi connectivity index (χ1) is 19.1. The van der Waals surface area contributed by atoms with Gasteiger partial charge in [0.05, 0.1) is 33.5 Å². The molecule has 0 radical (unpaired) electrons. The van der Waals surface area contributed by atoms with Gasteiger partial charge in [0, 0.05) is 17.3 Å².